The summed E-state index contributed by atoms with van der Waals surface area (Å²) in [6, 6.07) is 14.6. The van der Waals surface area contributed by atoms with Crippen LogP contribution in [0.25, 0.3) is 11.3 Å². The number of carbonyl (C=O) groups excluding carboxylic acids is 3. The van der Waals surface area contributed by atoms with Gasteiger partial charge in [-0.1, -0.05) is 18.2 Å². The third-order valence-electron chi connectivity index (χ3n) is 5.29. The molecule has 3 N–H and O–H groups in total. The van der Waals surface area contributed by atoms with Gasteiger partial charge in [-0.15, -0.1) is 0 Å². The number of hydrogen-bond acceptors (Lipinski definition) is 6. The molecule has 3 aromatic rings. The number of rotatable bonds is 6. The van der Waals surface area contributed by atoms with Gasteiger partial charge in [-0.3, -0.25) is 14.4 Å². The van der Waals surface area contributed by atoms with E-state index in [1.165, 1.54) is 6.92 Å². The molecule has 0 unspecified atom stereocenters. The molecular formula is C24H24N6O3. The summed E-state index contributed by atoms with van der Waals surface area (Å²) < 4.78 is 0. The van der Waals surface area contributed by atoms with Gasteiger partial charge >= 0.3 is 0 Å². The lowest BCUT2D eigenvalue weighted by Crippen LogP contribution is -2.33. The first-order chi connectivity index (χ1) is 15.9. The van der Waals surface area contributed by atoms with Crippen molar-refractivity contribution in [3.63, 3.8) is 0 Å². The number of anilines is 3. The maximum Gasteiger partial charge on any atom is 0.251 e. The van der Waals surface area contributed by atoms with Crippen LogP contribution >= 0.6 is 0 Å². The Bertz CT molecular complexity index is 1210. The first-order valence-electron chi connectivity index (χ1n) is 10.5. The summed E-state index contributed by atoms with van der Waals surface area (Å²) in [5.74, 6) is 0.0184. The minimum absolute atomic E-state index is 0.0172. The van der Waals surface area contributed by atoms with Crippen LogP contribution < -0.4 is 20.9 Å². The maximum atomic E-state index is 12.5. The van der Waals surface area contributed by atoms with Crippen molar-refractivity contribution in [1.82, 2.24) is 20.6 Å². The van der Waals surface area contributed by atoms with E-state index in [1.807, 2.05) is 24.3 Å². The van der Waals surface area contributed by atoms with Crippen molar-refractivity contribution >= 4 is 35.0 Å². The molecule has 9 nitrogen and oxygen atoms in total. The number of nitrogens with one attached hydrogen (secondary N) is 3. The van der Waals surface area contributed by atoms with Gasteiger partial charge in [0.05, 0.1) is 17.8 Å². The first kappa shape index (κ1) is 21.9. The Balaban J connectivity index is 1.49. The zero-order valence-electron chi connectivity index (χ0n) is 18.4. The van der Waals surface area contributed by atoms with Crippen LogP contribution in [0, 0.1) is 0 Å². The predicted molar refractivity (Wildman–Crippen MR) is 125 cm³/mol. The summed E-state index contributed by atoms with van der Waals surface area (Å²) in [6.07, 6.45) is 1.90. The van der Waals surface area contributed by atoms with Crippen LogP contribution in [0.4, 0.5) is 17.3 Å². The van der Waals surface area contributed by atoms with Gasteiger partial charge in [0.25, 0.3) is 5.91 Å². The largest absolute Gasteiger partial charge is 0.355 e. The number of benzene rings is 2. The van der Waals surface area contributed by atoms with E-state index in [-0.39, 0.29) is 24.1 Å². The van der Waals surface area contributed by atoms with E-state index in [1.54, 1.807) is 42.4 Å². The van der Waals surface area contributed by atoms with Gasteiger partial charge in [0.2, 0.25) is 17.8 Å². The molecule has 0 spiro atoms. The Kier molecular flexibility index (Phi) is 6.30. The molecule has 1 aliphatic heterocycles. The molecule has 0 aliphatic carbocycles. The molecule has 168 valence electrons. The van der Waals surface area contributed by atoms with Crippen LogP contribution in [0.3, 0.4) is 0 Å². The molecule has 33 heavy (non-hydrogen) atoms. The van der Waals surface area contributed by atoms with Crippen molar-refractivity contribution in [2.24, 2.45) is 0 Å². The molecule has 1 aromatic heterocycles. The topological polar surface area (TPSA) is 116 Å². The zero-order valence-corrected chi connectivity index (χ0v) is 18.4. The van der Waals surface area contributed by atoms with Crippen molar-refractivity contribution in [2.75, 3.05) is 30.4 Å². The SMILES string of the molecule is CC(=O)NCCNC(=O)c1ccc(Nc2ncc3c(n2)-c2ccccc2N(C)C(=O)C3)cc1. The maximum absolute atomic E-state index is 12.5. The second-order valence-electron chi connectivity index (χ2n) is 7.66. The van der Waals surface area contributed by atoms with Gasteiger partial charge in [-0.05, 0) is 30.3 Å². The van der Waals surface area contributed by atoms with Gasteiger partial charge < -0.3 is 20.9 Å². The Labute approximate surface area is 191 Å². The molecule has 2 aromatic carbocycles. The Morgan fingerprint density at radius 2 is 1.76 bits per heavy atom. The van der Waals surface area contributed by atoms with Crippen LogP contribution in [0.1, 0.15) is 22.8 Å². The molecule has 0 radical (unpaired) electrons. The highest BCUT2D eigenvalue weighted by molar-refractivity contribution is 6.01. The minimum atomic E-state index is -0.224. The summed E-state index contributed by atoms with van der Waals surface area (Å²) in [5, 5.41) is 8.53. The van der Waals surface area contributed by atoms with Crippen LogP contribution in [-0.2, 0) is 16.0 Å². The van der Waals surface area contributed by atoms with Crippen molar-refractivity contribution < 1.29 is 14.4 Å². The molecule has 0 bridgehead atoms. The lowest BCUT2D eigenvalue weighted by atomic mass is 10.1. The van der Waals surface area contributed by atoms with Gasteiger partial charge in [0, 0.05) is 55.6 Å². The van der Waals surface area contributed by atoms with Crippen LogP contribution in [0.15, 0.2) is 54.7 Å². The Morgan fingerprint density at radius 1 is 1.03 bits per heavy atom. The molecule has 1 aliphatic rings. The van der Waals surface area contributed by atoms with E-state index in [0.29, 0.717) is 24.6 Å². The minimum Gasteiger partial charge on any atom is -0.355 e. The molecule has 0 saturated carbocycles. The van der Waals surface area contributed by atoms with E-state index in [2.05, 4.69) is 25.9 Å². The molecule has 0 fully saturated rings. The molecule has 0 saturated heterocycles. The summed E-state index contributed by atoms with van der Waals surface area (Å²) in [5.41, 5.74) is 4.39. The Hall–Kier alpha value is -4.27. The number of carbonyl (C=O) groups is 3. The molecule has 0 atom stereocenters. The predicted octanol–water partition coefficient (Wildman–Crippen LogP) is 2.27. The quantitative estimate of drug-likeness (QED) is 0.502. The molecule has 3 amide bonds. The van der Waals surface area contributed by atoms with Gasteiger partial charge in [0.1, 0.15) is 0 Å². The second-order valence-corrected chi connectivity index (χ2v) is 7.66. The number of nitrogens with zero attached hydrogens (tertiary/aromatic N) is 3. The van der Waals surface area contributed by atoms with Crippen molar-refractivity contribution in [2.45, 2.75) is 13.3 Å². The highest BCUT2D eigenvalue weighted by Gasteiger charge is 2.24. The second kappa shape index (κ2) is 9.47. The fourth-order valence-corrected chi connectivity index (χ4v) is 3.56. The monoisotopic (exact) mass is 444 g/mol. The number of likely N-dealkylation sites (N-methyl/N-ethyl adjacent to an activating group) is 1. The van der Waals surface area contributed by atoms with E-state index in [0.717, 1.165) is 28.2 Å². The van der Waals surface area contributed by atoms with Crippen LogP contribution in [-0.4, -0.2) is 47.8 Å². The standard InChI is InChI=1S/C24H24N6O3/c1-15(31)25-11-12-26-23(33)16-7-9-18(10-8-16)28-24-27-14-17-13-21(32)30(2)20-6-4-3-5-19(20)22(17)29-24/h3-10,14H,11-13H2,1-2H3,(H,25,31)(H,26,33)(H,27,28,29). The number of fused-ring (bicyclic) bond motifs is 3. The van der Waals surface area contributed by atoms with Crippen molar-refractivity contribution in [3.8, 4) is 11.3 Å². The third kappa shape index (κ3) is 4.98. The fourth-order valence-electron chi connectivity index (χ4n) is 3.56. The van der Waals surface area contributed by atoms with E-state index in [4.69, 9.17) is 0 Å². The van der Waals surface area contributed by atoms with E-state index < -0.39 is 0 Å². The summed E-state index contributed by atoms with van der Waals surface area (Å²) >= 11 is 0. The molecular weight excluding hydrogens is 420 g/mol. The lowest BCUT2D eigenvalue weighted by molar-refractivity contribution is -0.119. The highest BCUT2D eigenvalue weighted by atomic mass is 16.2. The third-order valence-corrected chi connectivity index (χ3v) is 5.29. The molecule has 9 heteroatoms. The van der Waals surface area contributed by atoms with Crippen molar-refractivity contribution in [3.05, 3.63) is 65.9 Å². The average molecular weight is 444 g/mol. The fraction of sp³-hybridized carbons (Fsp3) is 0.208. The lowest BCUT2D eigenvalue weighted by Gasteiger charge is -2.16. The number of hydrogen-bond donors (Lipinski definition) is 3. The van der Waals surface area contributed by atoms with E-state index in [9.17, 15) is 14.4 Å². The summed E-state index contributed by atoms with van der Waals surface area (Å²) in [7, 11) is 1.76. The highest BCUT2D eigenvalue weighted by Crippen LogP contribution is 2.35. The summed E-state index contributed by atoms with van der Waals surface area (Å²) in [6.45, 7) is 2.15. The number of amides is 3. The van der Waals surface area contributed by atoms with Gasteiger partial charge in [0.15, 0.2) is 0 Å². The first-order valence-corrected chi connectivity index (χ1v) is 10.5. The Morgan fingerprint density at radius 3 is 2.52 bits per heavy atom. The van der Waals surface area contributed by atoms with E-state index >= 15 is 0 Å². The van der Waals surface area contributed by atoms with Gasteiger partial charge in [-0.25, -0.2) is 9.97 Å². The number of aromatic nitrogens is 2. The molecule has 2 heterocycles. The van der Waals surface area contributed by atoms with Crippen LogP contribution in [0.2, 0.25) is 0 Å². The zero-order chi connectivity index (χ0) is 23.4. The normalized spacial score (nSPS) is 12.3. The van der Waals surface area contributed by atoms with Crippen LogP contribution in [0.5, 0.6) is 0 Å². The average Bonchev–Trinajstić information content (AvgIpc) is 2.92. The smallest absolute Gasteiger partial charge is 0.251 e. The van der Waals surface area contributed by atoms with Gasteiger partial charge in [-0.2, -0.15) is 0 Å². The number of para-hydroxylation sites is 1. The summed E-state index contributed by atoms with van der Waals surface area (Å²) in [4.78, 5) is 46.3. The molecule has 4 rings (SSSR count). The van der Waals surface area contributed by atoms with Crippen molar-refractivity contribution in [1.29, 1.82) is 0 Å².